The molecule has 2 rings (SSSR count). The average molecular weight is 282 g/mol. The number of nitrogens with zero attached hydrogens (tertiary/aromatic N) is 2. The third-order valence-electron chi connectivity index (χ3n) is 4.95. The van der Waals surface area contributed by atoms with E-state index in [2.05, 4.69) is 6.92 Å². The number of carbonyl (C=O) groups excluding carboxylic acids is 1. The molecule has 5 heteroatoms. The zero-order chi connectivity index (χ0) is 14.8. The fourth-order valence-corrected chi connectivity index (χ4v) is 3.31. The Bertz CT molecular complexity index is 377. The molecule has 2 saturated heterocycles. The second kappa shape index (κ2) is 6.02. The summed E-state index contributed by atoms with van der Waals surface area (Å²) >= 11 is 0. The van der Waals surface area contributed by atoms with E-state index in [1.807, 2.05) is 4.90 Å². The maximum atomic E-state index is 12.5. The SMILES string of the molecule is CCC1CCN(C(=O)N2CCCC(C)(C(=O)O)C2)CC1. The van der Waals surface area contributed by atoms with Crippen LogP contribution in [0.15, 0.2) is 0 Å². The predicted molar refractivity (Wildman–Crippen MR) is 76.5 cm³/mol. The molecule has 2 aliphatic rings. The normalized spacial score (nSPS) is 28.5. The Kier molecular flexibility index (Phi) is 4.55. The van der Waals surface area contributed by atoms with Crippen LogP contribution in [0.25, 0.3) is 0 Å². The summed E-state index contributed by atoms with van der Waals surface area (Å²) in [5.41, 5.74) is -0.782. The van der Waals surface area contributed by atoms with Crippen molar-refractivity contribution in [3.8, 4) is 0 Å². The van der Waals surface area contributed by atoms with Gasteiger partial charge in [-0.3, -0.25) is 4.79 Å². The van der Waals surface area contributed by atoms with E-state index in [1.165, 1.54) is 6.42 Å². The van der Waals surface area contributed by atoms with Crippen LogP contribution in [0.3, 0.4) is 0 Å². The van der Waals surface area contributed by atoms with Gasteiger partial charge in [0.25, 0.3) is 0 Å². The van der Waals surface area contributed by atoms with Crippen LogP contribution >= 0.6 is 0 Å². The number of aliphatic carboxylic acids is 1. The van der Waals surface area contributed by atoms with Crippen molar-refractivity contribution in [1.82, 2.24) is 9.80 Å². The number of hydrogen-bond donors (Lipinski definition) is 1. The molecule has 1 unspecified atom stereocenters. The molecule has 2 aliphatic heterocycles. The Balaban J connectivity index is 1.94. The number of urea groups is 1. The van der Waals surface area contributed by atoms with Crippen molar-refractivity contribution in [2.24, 2.45) is 11.3 Å². The van der Waals surface area contributed by atoms with Gasteiger partial charge >= 0.3 is 12.0 Å². The van der Waals surface area contributed by atoms with Crippen LogP contribution in [0.5, 0.6) is 0 Å². The summed E-state index contributed by atoms with van der Waals surface area (Å²) in [5, 5.41) is 9.32. The van der Waals surface area contributed by atoms with Crippen LogP contribution in [0, 0.1) is 11.3 Å². The molecule has 1 N–H and O–H groups in total. The number of carboxylic acid groups (broad SMARTS) is 1. The molecular weight excluding hydrogens is 256 g/mol. The molecular formula is C15H26N2O3. The van der Waals surface area contributed by atoms with Gasteiger partial charge in [-0.1, -0.05) is 13.3 Å². The van der Waals surface area contributed by atoms with Crippen LogP contribution in [-0.4, -0.2) is 53.1 Å². The number of carboxylic acids is 1. The van der Waals surface area contributed by atoms with Gasteiger partial charge in [0, 0.05) is 26.2 Å². The fraction of sp³-hybridized carbons (Fsp3) is 0.867. The molecule has 1 atom stereocenters. The summed E-state index contributed by atoms with van der Waals surface area (Å²) in [7, 11) is 0. The zero-order valence-electron chi connectivity index (χ0n) is 12.6. The third-order valence-corrected chi connectivity index (χ3v) is 4.95. The van der Waals surface area contributed by atoms with Gasteiger partial charge in [-0.15, -0.1) is 0 Å². The van der Waals surface area contributed by atoms with Crippen molar-refractivity contribution in [2.45, 2.75) is 46.0 Å². The van der Waals surface area contributed by atoms with Crippen LogP contribution in [0.4, 0.5) is 4.79 Å². The molecule has 5 nitrogen and oxygen atoms in total. The third kappa shape index (κ3) is 3.07. The second-order valence-electron chi connectivity index (χ2n) is 6.51. The van der Waals surface area contributed by atoms with Crippen molar-refractivity contribution in [2.75, 3.05) is 26.2 Å². The number of amides is 2. The molecule has 0 aromatic rings. The maximum absolute atomic E-state index is 12.5. The van der Waals surface area contributed by atoms with Crippen molar-refractivity contribution in [3.05, 3.63) is 0 Å². The number of carbonyl (C=O) groups is 2. The van der Waals surface area contributed by atoms with Gasteiger partial charge in [-0.25, -0.2) is 4.79 Å². The van der Waals surface area contributed by atoms with E-state index < -0.39 is 11.4 Å². The first-order chi connectivity index (χ1) is 9.46. The van der Waals surface area contributed by atoms with Crippen LogP contribution in [0.2, 0.25) is 0 Å². The molecule has 0 aromatic carbocycles. The van der Waals surface area contributed by atoms with Gasteiger partial charge in [-0.05, 0) is 38.5 Å². The minimum absolute atomic E-state index is 0.0340. The van der Waals surface area contributed by atoms with E-state index in [4.69, 9.17) is 0 Å². The van der Waals surface area contributed by atoms with Crippen LogP contribution in [-0.2, 0) is 4.79 Å². The Morgan fingerprint density at radius 2 is 1.85 bits per heavy atom. The lowest BCUT2D eigenvalue weighted by Gasteiger charge is -2.41. The van der Waals surface area contributed by atoms with E-state index in [0.29, 0.717) is 19.5 Å². The predicted octanol–water partition coefficient (Wildman–Crippen LogP) is 2.42. The number of hydrogen-bond acceptors (Lipinski definition) is 2. The Hall–Kier alpha value is -1.26. The molecule has 20 heavy (non-hydrogen) atoms. The highest BCUT2D eigenvalue weighted by Gasteiger charge is 2.40. The highest BCUT2D eigenvalue weighted by Crippen LogP contribution is 2.31. The van der Waals surface area contributed by atoms with E-state index in [0.717, 1.165) is 38.3 Å². The van der Waals surface area contributed by atoms with Crippen molar-refractivity contribution < 1.29 is 14.7 Å². The fourth-order valence-electron chi connectivity index (χ4n) is 3.31. The zero-order valence-corrected chi connectivity index (χ0v) is 12.6. The molecule has 0 saturated carbocycles. The molecule has 2 heterocycles. The summed E-state index contributed by atoms with van der Waals surface area (Å²) in [6.07, 6.45) is 4.77. The number of rotatable bonds is 2. The van der Waals surface area contributed by atoms with E-state index in [1.54, 1.807) is 11.8 Å². The summed E-state index contributed by atoms with van der Waals surface area (Å²) in [5.74, 6) is -0.0515. The monoisotopic (exact) mass is 282 g/mol. The standard InChI is InChI=1S/C15H26N2O3/c1-3-12-5-9-16(10-6-12)14(20)17-8-4-7-15(2,11-17)13(18)19/h12H,3-11H2,1-2H3,(H,18,19). The molecule has 0 aliphatic carbocycles. The van der Waals surface area contributed by atoms with Crippen LogP contribution < -0.4 is 0 Å². The Labute approximate surface area is 120 Å². The van der Waals surface area contributed by atoms with Gasteiger partial charge in [-0.2, -0.15) is 0 Å². The van der Waals surface area contributed by atoms with Gasteiger partial charge in [0.15, 0.2) is 0 Å². The van der Waals surface area contributed by atoms with Crippen LogP contribution in [0.1, 0.15) is 46.0 Å². The molecule has 0 aromatic heterocycles. The minimum atomic E-state index is -0.792. The van der Waals surface area contributed by atoms with Crippen molar-refractivity contribution in [1.29, 1.82) is 0 Å². The molecule has 2 amide bonds. The second-order valence-corrected chi connectivity index (χ2v) is 6.51. The van der Waals surface area contributed by atoms with Crippen molar-refractivity contribution >= 4 is 12.0 Å². The number of piperidine rings is 2. The highest BCUT2D eigenvalue weighted by atomic mass is 16.4. The first-order valence-corrected chi connectivity index (χ1v) is 7.73. The first-order valence-electron chi connectivity index (χ1n) is 7.73. The smallest absolute Gasteiger partial charge is 0.320 e. The van der Waals surface area contributed by atoms with E-state index in [9.17, 15) is 14.7 Å². The van der Waals surface area contributed by atoms with Gasteiger partial charge < -0.3 is 14.9 Å². The number of likely N-dealkylation sites (tertiary alicyclic amines) is 2. The van der Waals surface area contributed by atoms with E-state index >= 15 is 0 Å². The van der Waals surface area contributed by atoms with Gasteiger partial charge in [0.05, 0.1) is 5.41 Å². The quantitative estimate of drug-likeness (QED) is 0.846. The summed E-state index contributed by atoms with van der Waals surface area (Å²) in [6.45, 7) is 6.61. The topological polar surface area (TPSA) is 60.9 Å². The van der Waals surface area contributed by atoms with Crippen molar-refractivity contribution in [3.63, 3.8) is 0 Å². The first kappa shape index (κ1) is 15.1. The molecule has 0 radical (unpaired) electrons. The summed E-state index contributed by atoms with van der Waals surface area (Å²) in [4.78, 5) is 27.5. The molecule has 114 valence electrons. The molecule has 2 fully saturated rings. The average Bonchev–Trinajstić information content (AvgIpc) is 2.46. The Morgan fingerprint density at radius 1 is 1.20 bits per heavy atom. The molecule has 0 spiro atoms. The lowest BCUT2D eigenvalue weighted by Crippen LogP contribution is -2.53. The highest BCUT2D eigenvalue weighted by molar-refractivity contribution is 5.78. The Morgan fingerprint density at radius 3 is 2.40 bits per heavy atom. The van der Waals surface area contributed by atoms with E-state index in [-0.39, 0.29) is 6.03 Å². The minimum Gasteiger partial charge on any atom is -0.481 e. The summed E-state index contributed by atoms with van der Waals surface area (Å²) in [6, 6.07) is 0.0340. The lowest BCUT2D eigenvalue weighted by molar-refractivity contribution is -0.150. The summed E-state index contributed by atoms with van der Waals surface area (Å²) < 4.78 is 0. The lowest BCUT2D eigenvalue weighted by atomic mass is 9.82. The van der Waals surface area contributed by atoms with Gasteiger partial charge in [0.1, 0.15) is 0 Å². The molecule has 0 bridgehead atoms. The van der Waals surface area contributed by atoms with Gasteiger partial charge in [0.2, 0.25) is 0 Å². The largest absolute Gasteiger partial charge is 0.481 e. The maximum Gasteiger partial charge on any atom is 0.320 e.